The number of rotatable bonds is 5. The Balaban J connectivity index is 3.12. The third kappa shape index (κ3) is 3.01. The third-order valence-corrected chi connectivity index (χ3v) is 2.61. The van der Waals surface area contributed by atoms with Crippen LogP contribution in [0.15, 0.2) is 12.1 Å². The lowest BCUT2D eigenvalue weighted by atomic mass is 10.0. The summed E-state index contributed by atoms with van der Waals surface area (Å²) in [5, 5.41) is 9.16. The van der Waals surface area contributed by atoms with Crippen LogP contribution in [-0.2, 0) is 11.2 Å². The molecule has 1 aromatic rings. The smallest absolute Gasteiger partial charge is 0.320 e. The van der Waals surface area contributed by atoms with Crippen LogP contribution in [0.5, 0.6) is 11.5 Å². The van der Waals surface area contributed by atoms with E-state index in [9.17, 15) is 4.79 Å². The van der Waals surface area contributed by atoms with Crippen LogP contribution in [0.1, 0.15) is 5.56 Å². The second-order valence-corrected chi connectivity index (χ2v) is 3.83. The molecule has 0 saturated heterocycles. The molecule has 0 fully saturated rings. The summed E-state index contributed by atoms with van der Waals surface area (Å²) in [6, 6.07) is 2.30. The van der Waals surface area contributed by atoms with Gasteiger partial charge >= 0.3 is 5.97 Å². The average molecular weight is 260 g/mol. The Hall–Kier alpha value is -1.46. The van der Waals surface area contributed by atoms with Crippen molar-refractivity contribution in [3.05, 3.63) is 22.7 Å². The normalized spacial score (nSPS) is 12.0. The zero-order valence-corrected chi connectivity index (χ0v) is 10.3. The van der Waals surface area contributed by atoms with Crippen molar-refractivity contribution in [2.24, 2.45) is 5.73 Å². The van der Waals surface area contributed by atoms with Gasteiger partial charge in [0.05, 0.1) is 19.2 Å². The predicted octanol–water partition coefficient (Wildman–Crippen LogP) is 1.31. The first-order valence-corrected chi connectivity index (χ1v) is 5.26. The predicted molar refractivity (Wildman–Crippen MR) is 63.9 cm³/mol. The number of methoxy groups -OCH3 is 2. The molecular formula is C11H14ClNO4. The van der Waals surface area contributed by atoms with Crippen LogP contribution < -0.4 is 15.2 Å². The molecule has 1 aromatic carbocycles. The Kier molecular flexibility index (Phi) is 4.60. The van der Waals surface area contributed by atoms with Gasteiger partial charge in [0.2, 0.25) is 0 Å². The SMILES string of the molecule is COc1c(Cl)ccc(CC(N)C(=O)O)c1OC. The van der Waals surface area contributed by atoms with E-state index in [1.54, 1.807) is 12.1 Å². The highest BCUT2D eigenvalue weighted by atomic mass is 35.5. The minimum atomic E-state index is -1.07. The van der Waals surface area contributed by atoms with Gasteiger partial charge in [0.15, 0.2) is 11.5 Å². The van der Waals surface area contributed by atoms with Gasteiger partial charge in [0, 0.05) is 12.0 Å². The summed E-state index contributed by atoms with van der Waals surface area (Å²) in [6.07, 6.45) is 0.145. The number of carboxylic acid groups (broad SMARTS) is 1. The van der Waals surface area contributed by atoms with Crippen LogP contribution in [-0.4, -0.2) is 31.3 Å². The number of benzene rings is 1. The van der Waals surface area contributed by atoms with E-state index < -0.39 is 12.0 Å². The summed E-state index contributed by atoms with van der Waals surface area (Å²) >= 11 is 5.93. The van der Waals surface area contributed by atoms with Crippen molar-refractivity contribution in [1.82, 2.24) is 0 Å². The summed E-state index contributed by atoms with van der Waals surface area (Å²) < 4.78 is 10.3. The van der Waals surface area contributed by atoms with Gasteiger partial charge in [-0.1, -0.05) is 17.7 Å². The average Bonchev–Trinajstić information content (AvgIpc) is 2.30. The molecule has 3 N–H and O–H groups in total. The molecule has 5 nitrogen and oxygen atoms in total. The van der Waals surface area contributed by atoms with Crippen molar-refractivity contribution in [1.29, 1.82) is 0 Å². The molecule has 94 valence electrons. The second kappa shape index (κ2) is 5.75. The highest BCUT2D eigenvalue weighted by Gasteiger charge is 2.19. The zero-order chi connectivity index (χ0) is 13.0. The molecule has 6 heteroatoms. The summed E-state index contributed by atoms with van der Waals surface area (Å²) in [6.45, 7) is 0. The quantitative estimate of drug-likeness (QED) is 0.833. The van der Waals surface area contributed by atoms with Gasteiger partial charge in [-0.2, -0.15) is 0 Å². The first-order valence-electron chi connectivity index (χ1n) is 4.89. The summed E-state index contributed by atoms with van der Waals surface area (Å²) in [5.74, 6) is -0.276. The maximum absolute atomic E-state index is 10.7. The van der Waals surface area contributed by atoms with Crippen molar-refractivity contribution >= 4 is 17.6 Å². The van der Waals surface area contributed by atoms with Gasteiger partial charge in [0.1, 0.15) is 6.04 Å². The number of ether oxygens (including phenoxy) is 2. The van der Waals surface area contributed by atoms with Crippen LogP contribution in [0.3, 0.4) is 0 Å². The Morgan fingerprint density at radius 3 is 2.47 bits per heavy atom. The first-order chi connectivity index (χ1) is 8.01. The fourth-order valence-corrected chi connectivity index (χ4v) is 1.70. The molecule has 0 spiro atoms. The Morgan fingerprint density at radius 1 is 1.41 bits per heavy atom. The van der Waals surface area contributed by atoms with Gasteiger partial charge < -0.3 is 20.3 Å². The molecule has 0 amide bonds. The number of hydrogen-bond acceptors (Lipinski definition) is 4. The van der Waals surface area contributed by atoms with Crippen molar-refractivity contribution in [2.75, 3.05) is 14.2 Å². The van der Waals surface area contributed by atoms with Crippen LogP contribution in [0, 0.1) is 0 Å². The Labute approximate surface area is 104 Å². The van der Waals surface area contributed by atoms with E-state index in [0.29, 0.717) is 22.1 Å². The zero-order valence-electron chi connectivity index (χ0n) is 9.57. The van der Waals surface area contributed by atoms with Crippen LogP contribution >= 0.6 is 11.6 Å². The van der Waals surface area contributed by atoms with E-state index >= 15 is 0 Å². The molecule has 0 aromatic heterocycles. The molecular weight excluding hydrogens is 246 g/mol. The number of halogens is 1. The van der Waals surface area contributed by atoms with E-state index in [1.807, 2.05) is 0 Å². The van der Waals surface area contributed by atoms with Crippen molar-refractivity contribution < 1.29 is 19.4 Å². The van der Waals surface area contributed by atoms with Crippen molar-refractivity contribution in [3.8, 4) is 11.5 Å². The lowest BCUT2D eigenvalue weighted by molar-refractivity contribution is -0.138. The molecule has 0 aliphatic rings. The maximum atomic E-state index is 10.7. The number of aliphatic carboxylic acids is 1. The molecule has 1 atom stereocenters. The van der Waals surface area contributed by atoms with Gasteiger partial charge in [0.25, 0.3) is 0 Å². The van der Waals surface area contributed by atoms with E-state index in [4.69, 9.17) is 31.9 Å². The fraction of sp³-hybridized carbons (Fsp3) is 0.364. The molecule has 0 aliphatic carbocycles. The number of carboxylic acids is 1. The Bertz CT molecular complexity index is 422. The molecule has 1 unspecified atom stereocenters. The van der Waals surface area contributed by atoms with Crippen LogP contribution in [0.25, 0.3) is 0 Å². The van der Waals surface area contributed by atoms with E-state index in [2.05, 4.69) is 0 Å². The van der Waals surface area contributed by atoms with Crippen molar-refractivity contribution in [3.63, 3.8) is 0 Å². The largest absolute Gasteiger partial charge is 0.493 e. The van der Waals surface area contributed by atoms with Gasteiger partial charge in [-0.05, 0) is 6.07 Å². The standard InChI is InChI=1S/C11H14ClNO4/c1-16-9-6(5-8(13)11(14)15)3-4-7(12)10(9)17-2/h3-4,8H,5,13H2,1-2H3,(H,14,15). The highest BCUT2D eigenvalue weighted by Crippen LogP contribution is 2.38. The molecule has 0 saturated carbocycles. The lowest BCUT2D eigenvalue weighted by Gasteiger charge is -2.15. The first kappa shape index (κ1) is 13.6. The molecule has 0 bridgehead atoms. The summed E-state index contributed by atoms with van der Waals surface area (Å²) in [4.78, 5) is 10.7. The van der Waals surface area contributed by atoms with Gasteiger partial charge in [-0.25, -0.2) is 0 Å². The van der Waals surface area contributed by atoms with Crippen LogP contribution in [0.2, 0.25) is 5.02 Å². The van der Waals surface area contributed by atoms with Crippen LogP contribution in [0.4, 0.5) is 0 Å². The Morgan fingerprint density at radius 2 is 2.00 bits per heavy atom. The van der Waals surface area contributed by atoms with E-state index in [1.165, 1.54) is 14.2 Å². The fourth-order valence-electron chi connectivity index (χ4n) is 1.48. The van der Waals surface area contributed by atoms with Gasteiger partial charge in [-0.15, -0.1) is 0 Å². The second-order valence-electron chi connectivity index (χ2n) is 3.42. The van der Waals surface area contributed by atoms with E-state index in [-0.39, 0.29) is 6.42 Å². The minimum Gasteiger partial charge on any atom is -0.493 e. The molecule has 1 rings (SSSR count). The summed E-state index contributed by atoms with van der Waals surface area (Å²) in [5.41, 5.74) is 6.12. The molecule has 0 radical (unpaired) electrons. The molecule has 17 heavy (non-hydrogen) atoms. The monoisotopic (exact) mass is 259 g/mol. The number of nitrogens with two attached hydrogens (primary N) is 1. The van der Waals surface area contributed by atoms with Crippen molar-refractivity contribution in [2.45, 2.75) is 12.5 Å². The minimum absolute atomic E-state index is 0.145. The summed E-state index contributed by atoms with van der Waals surface area (Å²) in [7, 11) is 2.93. The maximum Gasteiger partial charge on any atom is 0.320 e. The number of carbonyl (C=O) groups is 1. The molecule has 0 aliphatic heterocycles. The highest BCUT2D eigenvalue weighted by molar-refractivity contribution is 6.32. The topological polar surface area (TPSA) is 81.8 Å². The van der Waals surface area contributed by atoms with Gasteiger partial charge in [-0.3, -0.25) is 4.79 Å². The lowest BCUT2D eigenvalue weighted by Crippen LogP contribution is -2.32. The van der Waals surface area contributed by atoms with E-state index in [0.717, 1.165) is 0 Å². The number of hydrogen-bond donors (Lipinski definition) is 2. The molecule has 0 heterocycles. The third-order valence-electron chi connectivity index (χ3n) is 2.31.